The van der Waals surface area contributed by atoms with Crippen LogP contribution in [0.1, 0.15) is 26.3 Å². The quantitative estimate of drug-likeness (QED) is 0.658. The van der Waals surface area contributed by atoms with E-state index in [2.05, 4.69) is 5.32 Å². The van der Waals surface area contributed by atoms with Gasteiger partial charge < -0.3 is 10.2 Å². The molecular formula is C22H17FN2O2S. The van der Waals surface area contributed by atoms with E-state index in [-0.39, 0.29) is 17.4 Å². The molecule has 0 atom stereocenters. The molecule has 0 fully saturated rings. The van der Waals surface area contributed by atoms with Crippen LogP contribution in [-0.4, -0.2) is 18.9 Å². The Morgan fingerprint density at radius 2 is 1.82 bits per heavy atom. The summed E-state index contributed by atoms with van der Waals surface area (Å²) in [5.74, 6) is -0.877. The minimum absolute atomic E-state index is 0.0752. The smallest absolute Gasteiger partial charge is 0.259 e. The summed E-state index contributed by atoms with van der Waals surface area (Å²) in [6.07, 6.45) is 0. The van der Waals surface area contributed by atoms with Crippen molar-refractivity contribution in [1.82, 2.24) is 0 Å². The molecule has 3 aromatic carbocycles. The molecule has 1 heterocycles. The second-order valence-corrected chi connectivity index (χ2v) is 7.65. The van der Waals surface area contributed by atoms with Crippen LogP contribution in [0.4, 0.5) is 15.8 Å². The van der Waals surface area contributed by atoms with Gasteiger partial charge in [-0.15, -0.1) is 0 Å². The average Bonchev–Trinajstić information content (AvgIpc) is 2.79. The van der Waals surface area contributed by atoms with Gasteiger partial charge in [0.1, 0.15) is 5.82 Å². The van der Waals surface area contributed by atoms with E-state index in [1.807, 2.05) is 30.3 Å². The number of aryl methyl sites for hydroxylation is 1. The van der Waals surface area contributed by atoms with E-state index in [9.17, 15) is 14.0 Å². The maximum absolute atomic E-state index is 13.7. The first-order valence-corrected chi connectivity index (χ1v) is 9.52. The van der Waals surface area contributed by atoms with E-state index < -0.39 is 5.82 Å². The van der Waals surface area contributed by atoms with Gasteiger partial charge in [-0.2, -0.15) is 0 Å². The normalized spacial score (nSPS) is 12.8. The molecule has 4 rings (SSSR count). The average molecular weight is 392 g/mol. The van der Waals surface area contributed by atoms with Gasteiger partial charge in [-0.1, -0.05) is 30.0 Å². The van der Waals surface area contributed by atoms with Crippen molar-refractivity contribution in [2.75, 3.05) is 17.3 Å². The monoisotopic (exact) mass is 392 g/mol. The first kappa shape index (κ1) is 18.3. The zero-order chi connectivity index (χ0) is 19.8. The molecule has 3 aromatic rings. The molecule has 0 unspecified atom stereocenters. The van der Waals surface area contributed by atoms with E-state index in [0.29, 0.717) is 16.8 Å². The van der Waals surface area contributed by atoms with Crippen molar-refractivity contribution in [3.8, 4) is 0 Å². The van der Waals surface area contributed by atoms with Crippen molar-refractivity contribution in [3.63, 3.8) is 0 Å². The Balaban J connectivity index is 1.66. The molecule has 0 saturated heterocycles. The largest absolute Gasteiger partial charge is 0.322 e. The fourth-order valence-corrected chi connectivity index (χ4v) is 4.17. The number of fused-ring (bicyclic) bond motifs is 2. The maximum atomic E-state index is 13.7. The zero-order valence-corrected chi connectivity index (χ0v) is 16.1. The van der Waals surface area contributed by atoms with Gasteiger partial charge in [-0.3, -0.25) is 9.59 Å². The van der Waals surface area contributed by atoms with Crippen LogP contribution in [0.3, 0.4) is 0 Å². The van der Waals surface area contributed by atoms with Gasteiger partial charge in [0.15, 0.2) is 0 Å². The molecule has 0 radical (unpaired) electrons. The molecule has 4 nitrogen and oxygen atoms in total. The second kappa shape index (κ2) is 7.13. The number of anilines is 2. The van der Waals surface area contributed by atoms with Crippen LogP contribution in [0.15, 0.2) is 70.5 Å². The molecule has 2 amide bonds. The summed E-state index contributed by atoms with van der Waals surface area (Å²) in [6, 6.07) is 17.2. The highest BCUT2D eigenvalue weighted by atomic mass is 32.2. The number of nitrogens with one attached hydrogen (secondary N) is 1. The first-order chi connectivity index (χ1) is 13.4. The minimum Gasteiger partial charge on any atom is -0.322 e. The van der Waals surface area contributed by atoms with Gasteiger partial charge in [0.25, 0.3) is 11.8 Å². The third kappa shape index (κ3) is 3.27. The van der Waals surface area contributed by atoms with Crippen LogP contribution in [0.2, 0.25) is 0 Å². The number of hydrogen-bond donors (Lipinski definition) is 1. The standard InChI is InChI=1S/C22H17FN2O2S/c1-13-7-8-14(11-17(13)23)21(26)24-15-9-10-18-20(12-15)28-19-6-4-3-5-16(19)22(27)25(18)2/h3-12H,1-2H3,(H,24,26). The maximum Gasteiger partial charge on any atom is 0.259 e. The van der Waals surface area contributed by atoms with E-state index in [1.165, 1.54) is 17.8 Å². The van der Waals surface area contributed by atoms with Crippen LogP contribution in [0.5, 0.6) is 0 Å². The number of carbonyl (C=O) groups excluding carboxylic acids is 2. The number of hydrogen-bond acceptors (Lipinski definition) is 3. The van der Waals surface area contributed by atoms with Crippen molar-refractivity contribution < 1.29 is 14.0 Å². The van der Waals surface area contributed by atoms with Crippen LogP contribution < -0.4 is 10.2 Å². The van der Waals surface area contributed by atoms with Crippen LogP contribution in [0, 0.1) is 12.7 Å². The van der Waals surface area contributed by atoms with E-state index >= 15 is 0 Å². The summed E-state index contributed by atoms with van der Waals surface area (Å²) in [6.45, 7) is 1.65. The van der Waals surface area contributed by atoms with Crippen molar-refractivity contribution in [3.05, 3.63) is 83.2 Å². The Kier molecular flexibility index (Phi) is 4.65. The fraction of sp³-hybridized carbons (Fsp3) is 0.0909. The van der Waals surface area contributed by atoms with Crippen LogP contribution in [0.25, 0.3) is 0 Å². The Bertz CT molecular complexity index is 1110. The summed E-state index contributed by atoms with van der Waals surface area (Å²) < 4.78 is 13.7. The van der Waals surface area contributed by atoms with E-state index in [4.69, 9.17) is 0 Å². The Hall–Kier alpha value is -3.12. The molecule has 0 saturated carbocycles. The lowest BCUT2D eigenvalue weighted by atomic mass is 10.1. The highest BCUT2D eigenvalue weighted by Gasteiger charge is 2.24. The van der Waals surface area contributed by atoms with Crippen LogP contribution >= 0.6 is 11.8 Å². The molecule has 1 aliphatic rings. The molecule has 6 heteroatoms. The van der Waals surface area contributed by atoms with Crippen molar-refractivity contribution in [2.45, 2.75) is 16.7 Å². The molecular weight excluding hydrogens is 375 g/mol. The highest BCUT2D eigenvalue weighted by Crippen LogP contribution is 2.42. The van der Waals surface area contributed by atoms with Gasteiger partial charge in [0.2, 0.25) is 0 Å². The zero-order valence-electron chi connectivity index (χ0n) is 15.3. The van der Waals surface area contributed by atoms with Crippen molar-refractivity contribution in [1.29, 1.82) is 0 Å². The van der Waals surface area contributed by atoms with Crippen LogP contribution in [-0.2, 0) is 0 Å². The molecule has 140 valence electrons. The van der Waals surface area contributed by atoms with E-state index in [0.717, 1.165) is 15.5 Å². The molecule has 0 bridgehead atoms. The third-order valence-electron chi connectivity index (χ3n) is 4.66. The summed E-state index contributed by atoms with van der Waals surface area (Å²) in [4.78, 5) is 28.5. The molecule has 1 aliphatic heterocycles. The minimum atomic E-state index is -0.415. The van der Waals surface area contributed by atoms with E-state index in [1.54, 1.807) is 43.1 Å². The number of nitrogens with zero attached hydrogens (tertiary/aromatic N) is 1. The number of amides is 2. The predicted octanol–water partition coefficient (Wildman–Crippen LogP) is 5.13. The molecule has 28 heavy (non-hydrogen) atoms. The molecule has 0 aromatic heterocycles. The number of halogens is 1. The summed E-state index contributed by atoms with van der Waals surface area (Å²) in [5, 5.41) is 2.80. The van der Waals surface area contributed by atoms with Crippen molar-refractivity contribution in [2.24, 2.45) is 0 Å². The topological polar surface area (TPSA) is 49.4 Å². The summed E-state index contributed by atoms with van der Waals surface area (Å²) in [5.41, 5.74) is 2.74. The lowest BCUT2D eigenvalue weighted by Crippen LogP contribution is -2.26. The fourth-order valence-electron chi connectivity index (χ4n) is 3.03. The molecule has 0 spiro atoms. The second-order valence-electron chi connectivity index (χ2n) is 6.56. The number of benzene rings is 3. The van der Waals surface area contributed by atoms with Gasteiger partial charge in [0.05, 0.1) is 11.3 Å². The number of rotatable bonds is 2. The van der Waals surface area contributed by atoms with Gasteiger partial charge in [0, 0.05) is 28.1 Å². The van der Waals surface area contributed by atoms with Gasteiger partial charge in [-0.05, 0) is 55.0 Å². The van der Waals surface area contributed by atoms with Crippen molar-refractivity contribution >= 4 is 35.0 Å². The lowest BCUT2D eigenvalue weighted by molar-refractivity contribution is 0.0988. The Labute approximate surface area is 166 Å². The first-order valence-electron chi connectivity index (χ1n) is 8.70. The molecule has 1 N–H and O–H groups in total. The van der Waals surface area contributed by atoms with Gasteiger partial charge in [-0.25, -0.2) is 4.39 Å². The summed E-state index contributed by atoms with van der Waals surface area (Å²) >= 11 is 1.48. The van der Waals surface area contributed by atoms with Gasteiger partial charge >= 0.3 is 0 Å². The Morgan fingerprint density at radius 1 is 1.04 bits per heavy atom. The highest BCUT2D eigenvalue weighted by molar-refractivity contribution is 7.99. The number of carbonyl (C=O) groups is 2. The predicted molar refractivity (Wildman–Crippen MR) is 109 cm³/mol. The lowest BCUT2D eigenvalue weighted by Gasteiger charge is -2.18. The SMILES string of the molecule is Cc1ccc(C(=O)Nc2ccc3c(c2)Sc2ccccc2C(=O)N3C)cc1F. The summed E-state index contributed by atoms with van der Waals surface area (Å²) in [7, 11) is 1.73. The third-order valence-corrected chi connectivity index (χ3v) is 5.78. The molecule has 0 aliphatic carbocycles. The Morgan fingerprint density at radius 3 is 2.61 bits per heavy atom.